The van der Waals surface area contributed by atoms with E-state index in [0.717, 1.165) is 18.8 Å². The summed E-state index contributed by atoms with van der Waals surface area (Å²) in [5.74, 6) is 1.13. The first kappa shape index (κ1) is 14.2. The van der Waals surface area contributed by atoms with Crippen molar-refractivity contribution in [2.75, 3.05) is 18.9 Å². The molecule has 4 rings (SSSR count). The van der Waals surface area contributed by atoms with Gasteiger partial charge in [0.1, 0.15) is 6.61 Å². The Morgan fingerprint density at radius 3 is 2.73 bits per heavy atom. The van der Waals surface area contributed by atoms with Crippen molar-refractivity contribution in [2.45, 2.75) is 69.2 Å². The minimum Gasteiger partial charge on any atom is -0.476 e. The second-order valence-electron chi connectivity index (χ2n) is 7.16. The van der Waals surface area contributed by atoms with Crippen LogP contribution in [0.5, 0.6) is 5.88 Å². The molecule has 1 aromatic rings. The van der Waals surface area contributed by atoms with Crippen LogP contribution in [0.25, 0.3) is 0 Å². The van der Waals surface area contributed by atoms with E-state index in [1.54, 1.807) is 0 Å². The van der Waals surface area contributed by atoms with Crippen LogP contribution in [-0.2, 0) is 11.8 Å². The van der Waals surface area contributed by atoms with Crippen molar-refractivity contribution in [2.24, 2.45) is 0 Å². The largest absolute Gasteiger partial charge is 0.476 e. The Hall–Kier alpha value is -1.36. The SMILES string of the molecule is Nc1nc(OC[C@@H]2CCCN2)c2c(n1)C1(CCCC1)CCC2. The van der Waals surface area contributed by atoms with E-state index >= 15 is 0 Å². The first-order valence-corrected chi connectivity index (χ1v) is 8.80. The molecule has 1 saturated heterocycles. The topological polar surface area (TPSA) is 73.1 Å². The molecular formula is C17H26N4O. The van der Waals surface area contributed by atoms with E-state index in [9.17, 15) is 0 Å². The molecule has 0 bridgehead atoms. The molecule has 1 aliphatic heterocycles. The van der Waals surface area contributed by atoms with Crippen molar-refractivity contribution < 1.29 is 4.74 Å². The third-order valence-electron chi connectivity index (χ3n) is 5.72. The van der Waals surface area contributed by atoms with Crippen LogP contribution >= 0.6 is 0 Å². The van der Waals surface area contributed by atoms with Gasteiger partial charge in [0.2, 0.25) is 11.8 Å². The van der Waals surface area contributed by atoms with E-state index in [1.807, 2.05) is 0 Å². The van der Waals surface area contributed by atoms with E-state index in [1.165, 1.54) is 62.6 Å². The minimum absolute atomic E-state index is 0.258. The molecule has 0 amide bonds. The van der Waals surface area contributed by atoms with Gasteiger partial charge in [-0.15, -0.1) is 0 Å². The first-order valence-electron chi connectivity index (χ1n) is 8.80. The molecule has 1 atom stereocenters. The van der Waals surface area contributed by atoms with Gasteiger partial charge in [-0.3, -0.25) is 0 Å². The Kier molecular flexibility index (Phi) is 3.68. The summed E-state index contributed by atoms with van der Waals surface area (Å²) in [5, 5.41) is 3.47. The number of nitrogens with one attached hydrogen (secondary N) is 1. The number of anilines is 1. The smallest absolute Gasteiger partial charge is 0.223 e. The number of hydrogen-bond acceptors (Lipinski definition) is 5. The molecule has 0 aromatic carbocycles. The predicted octanol–water partition coefficient (Wildman–Crippen LogP) is 2.34. The molecular weight excluding hydrogens is 276 g/mol. The highest BCUT2D eigenvalue weighted by Gasteiger charge is 2.42. The molecule has 2 aliphatic carbocycles. The van der Waals surface area contributed by atoms with E-state index in [0.29, 0.717) is 18.6 Å². The lowest BCUT2D eigenvalue weighted by atomic mass is 9.72. The third-order valence-corrected chi connectivity index (χ3v) is 5.72. The zero-order chi connectivity index (χ0) is 15.0. The van der Waals surface area contributed by atoms with E-state index in [2.05, 4.69) is 15.3 Å². The van der Waals surface area contributed by atoms with E-state index in [-0.39, 0.29) is 5.41 Å². The lowest BCUT2D eigenvalue weighted by molar-refractivity contribution is 0.258. The maximum atomic E-state index is 6.08. The Bertz CT molecular complexity index is 548. The van der Waals surface area contributed by atoms with Gasteiger partial charge >= 0.3 is 0 Å². The van der Waals surface area contributed by atoms with Crippen LogP contribution < -0.4 is 15.8 Å². The summed E-state index contributed by atoms with van der Waals surface area (Å²) in [6.07, 6.45) is 11.0. The molecule has 3 aliphatic rings. The van der Waals surface area contributed by atoms with Crippen LogP contribution in [0.4, 0.5) is 5.95 Å². The van der Waals surface area contributed by atoms with E-state index in [4.69, 9.17) is 10.5 Å². The zero-order valence-corrected chi connectivity index (χ0v) is 13.2. The Balaban J connectivity index is 1.63. The maximum Gasteiger partial charge on any atom is 0.223 e. The average molecular weight is 302 g/mol. The molecule has 3 N–H and O–H groups in total. The van der Waals surface area contributed by atoms with E-state index < -0.39 is 0 Å². The fraction of sp³-hybridized carbons (Fsp3) is 0.765. The number of nitrogen functional groups attached to an aromatic ring is 1. The second kappa shape index (κ2) is 5.69. The van der Waals surface area contributed by atoms with Crippen molar-refractivity contribution in [1.82, 2.24) is 15.3 Å². The monoisotopic (exact) mass is 302 g/mol. The molecule has 5 nitrogen and oxygen atoms in total. The fourth-order valence-corrected chi connectivity index (χ4v) is 4.60. The van der Waals surface area contributed by atoms with Gasteiger partial charge in [0.15, 0.2) is 0 Å². The van der Waals surface area contributed by atoms with Crippen LogP contribution in [0, 0.1) is 0 Å². The number of hydrogen-bond donors (Lipinski definition) is 2. The number of aromatic nitrogens is 2. The van der Waals surface area contributed by atoms with Gasteiger partial charge in [-0.05, 0) is 51.5 Å². The third kappa shape index (κ3) is 2.45. The normalized spacial score (nSPS) is 26.3. The number of fused-ring (bicyclic) bond motifs is 2. The predicted molar refractivity (Wildman–Crippen MR) is 86.0 cm³/mol. The Labute approximate surface area is 132 Å². The second-order valence-corrected chi connectivity index (χ2v) is 7.16. The zero-order valence-electron chi connectivity index (χ0n) is 13.2. The summed E-state index contributed by atoms with van der Waals surface area (Å²) in [5.41, 5.74) is 8.70. The van der Waals surface area contributed by atoms with Crippen molar-refractivity contribution in [3.05, 3.63) is 11.3 Å². The van der Waals surface area contributed by atoms with Gasteiger partial charge in [-0.1, -0.05) is 12.8 Å². The maximum absolute atomic E-state index is 6.08. The van der Waals surface area contributed by atoms with Crippen molar-refractivity contribution in [1.29, 1.82) is 0 Å². The van der Waals surface area contributed by atoms with Crippen LogP contribution in [-0.4, -0.2) is 29.2 Å². The highest BCUT2D eigenvalue weighted by Crippen LogP contribution is 2.49. The summed E-state index contributed by atoms with van der Waals surface area (Å²) < 4.78 is 6.08. The lowest BCUT2D eigenvalue weighted by Gasteiger charge is -2.35. The number of nitrogens with zero attached hydrogens (tertiary/aromatic N) is 2. The van der Waals surface area contributed by atoms with Crippen molar-refractivity contribution >= 4 is 5.95 Å². The van der Waals surface area contributed by atoms with Crippen LogP contribution in [0.3, 0.4) is 0 Å². The molecule has 120 valence electrons. The summed E-state index contributed by atoms with van der Waals surface area (Å²) in [6.45, 7) is 1.79. The van der Waals surface area contributed by atoms with Crippen LogP contribution in [0.1, 0.15) is 62.6 Å². The highest BCUT2D eigenvalue weighted by molar-refractivity contribution is 5.42. The van der Waals surface area contributed by atoms with Crippen LogP contribution in [0.2, 0.25) is 0 Å². The van der Waals surface area contributed by atoms with Gasteiger partial charge in [-0.2, -0.15) is 4.98 Å². The Morgan fingerprint density at radius 2 is 1.95 bits per heavy atom. The summed E-state index contributed by atoms with van der Waals surface area (Å²) in [6, 6.07) is 0.455. The average Bonchev–Trinajstić information content (AvgIpc) is 3.18. The molecule has 0 radical (unpaired) electrons. The number of rotatable bonds is 3. The quantitative estimate of drug-likeness (QED) is 0.896. The van der Waals surface area contributed by atoms with Gasteiger partial charge in [0.05, 0.1) is 5.69 Å². The molecule has 1 aromatic heterocycles. The number of nitrogens with two attached hydrogens (primary N) is 1. The van der Waals surface area contributed by atoms with Gasteiger partial charge in [0.25, 0.3) is 0 Å². The molecule has 0 unspecified atom stereocenters. The Morgan fingerprint density at radius 1 is 1.14 bits per heavy atom. The molecule has 1 spiro atoms. The summed E-state index contributed by atoms with van der Waals surface area (Å²) >= 11 is 0. The van der Waals surface area contributed by atoms with Gasteiger partial charge in [-0.25, -0.2) is 4.98 Å². The summed E-state index contributed by atoms with van der Waals surface area (Å²) in [4.78, 5) is 9.08. The fourth-order valence-electron chi connectivity index (χ4n) is 4.60. The summed E-state index contributed by atoms with van der Waals surface area (Å²) in [7, 11) is 0. The van der Waals surface area contributed by atoms with Gasteiger partial charge < -0.3 is 15.8 Å². The standard InChI is InChI=1S/C17H26N4O/c18-16-20-14-13(6-3-9-17(14)7-1-2-8-17)15(21-16)22-11-12-5-4-10-19-12/h12,19H,1-11H2,(H2,18,20,21)/t12-/m0/s1. The lowest BCUT2D eigenvalue weighted by Crippen LogP contribution is -2.32. The highest BCUT2D eigenvalue weighted by atomic mass is 16.5. The van der Waals surface area contributed by atoms with Gasteiger partial charge in [0, 0.05) is 17.0 Å². The molecule has 2 heterocycles. The molecule has 2 fully saturated rings. The van der Waals surface area contributed by atoms with Crippen LogP contribution in [0.15, 0.2) is 0 Å². The molecule has 1 saturated carbocycles. The molecule has 5 heteroatoms. The minimum atomic E-state index is 0.258. The molecule has 22 heavy (non-hydrogen) atoms. The number of ether oxygens (including phenoxy) is 1. The first-order chi connectivity index (χ1) is 10.8. The van der Waals surface area contributed by atoms with Crippen molar-refractivity contribution in [3.8, 4) is 5.88 Å². The van der Waals surface area contributed by atoms with Crippen molar-refractivity contribution in [3.63, 3.8) is 0 Å².